The molecule has 0 heterocycles. The first kappa shape index (κ1) is 20.5. The summed E-state index contributed by atoms with van der Waals surface area (Å²) < 4.78 is 0. The monoisotopic (exact) mass is 392 g/mol. The van der Waals surface area contributed by atoms with Crippen molar-refractivity contribution < 1.29 is 0 Å². The average Bonchev–Trinajstić information content (AvgIpc) is 2.62. The molecule has 0 saturated heterocycles. The highest BCUT2D eigenvalue weighted by Gasteiger charge is 2.35. The molecule has 25 heavy (non-hydrogen) atoms. The van der Waals surface area contributed by atoms with Crippen molar-refractivity contribution in [3.63, 3.8) is 0 Å². The number of hydrogen-bond donors (Lipinski definition) is 0. The largest absolute Gasteiger partial charge is 0.252 e. The summed E-state index contributed by atoms with van der Waals surface area (Å²) in [6, 6.07) is 23.4. The summed E-state index contributed by atoms with van der Waals surface area (Å²) in [7, 11) is 0. The molecule has 2 atom stereocenters. The van der Waals surface area contributed by atoms with Crippen molar-refractivity contribution in [2.75, 3.05) is 0 Å². The lowest BCUT2D eigenvalue weighted by atomic mass is 9.96. The summed E-state index contributed by atoms with van der Waals surface area (Å²) in [6.45, 7) is 2.16. The lowest BCUT2D eigenvalue weighted by Gasteiger charge is -2.28. The summed E-state index contributed by atoms with van der Waals surface area (Å²) in [4.78, 5) is 0. The van der Waals surface area contributed by atoms with Crippen molar-refractivity contribution in [1.29, 1.82) is 0 Å². The van der Waals surface area contributed by atoms with E-state index in [4.69, 9.17) is 22.2 Å². The fraction of sp³-hybridized carbons (Fsp3) is 0.455. The SMILES string of the molecule is CCCC(C[Si](Cl)(Cl)CC(CCC)c1ccccc1)c1ccccc1. The highest BCUT2D eigenvalue weighted by atomic mass is 35.7. The van der Waals surface area contributed by atoms with Crippen molar-refractivity contribution in [2.45, 2.75) is 63.5 Å². The van der Waals surface area contributed by atoms with Gasteiger partial charge in [-0.05, 0) is 47.9 Å². The number of benzene rings is 2. The molecular weight excluding hydrogens is 363 g/mol. The molecule has 0 amide bonds. The van der Waals surface area contributed by atoms with E-state index in [0.717, 1.165) is 37.8 Å². The van der Waals surface area contributed by atoms with Crippen LogP contribution in [-0.2, 0) is 0 Å². The van der Waals surface area contributed by atoms with Crippen LogP contribution >= 0.6 is 22.2 Å². The number of halogens is 2. The van der Waals surface area contributed by atoms with Gasteiger partial charge in [0.05, 0.1) is 0 Å². The van der Waals surface area contributed by atoms with Crippen molar-refractivity contribution in [2.24, 2.45) is 0 Å². The van der Waals surface area contributed by atoms with Crippen LogP contribution in [0.5, 0.6) is 0 Å². The molecule has 0 aliphatic rings. The van der Waals surface area contributed by atoms with Gasteiger partial charge in [0.15, 0.2) is 0 Å². The minimum absolute atomic E-state index is 0.478. The fourth-order valence-corrected chi connectivity index (χ4v) is 8.45. The highest BCUT2D eigenvalue weighted by molar-refractivity contribution is 7.45. The van der Waals surface area contributed by atoms with E-state index < -0.39 is 6.69 Å². The van der Waals surface area contributed by atoms with Crippen LogP contribution in [0, 0.1) is 0 Å². The molecule has 0 bridgehead atoms. The minimum Gasteiger partial charge on any atom is -0.146 e. The Kier molecular flexibility index (Phi) is 8.55. The summed E-state index contributed by atoms with van der Waals surface area (Å²) in [5.74, 6) is 0.955. The van der Waals surface area contributed by atoms with Crippen LogP contribution in [0.2, 0.25) is 12.1 Å². The van der Waals surface area contributed by atoms with Gasteiger partial charge in [-0.15, -0.1) is 22.2 Å². The second-order valence-corrected chi connectivity index (χ2v) is 14.5. The number of hydrogen-bond acceptors (Lipinski definition) is 0. The predicted octanol–water partition coefficient (Wildman–Crippen LogP) is 8.07. The van der Waals surface area contributed by atoms with Gasteiger partial charge in [-0.1, -0.05) is 87.4 Å². The first-order chi connectivity index (χ1) is 12.1. The number of rotatable bonds is 10. The van der Waals surface area contributed by atoms with Crippen LogP contribution in [0.4, 0.5) is 0 Å². The second kappa shape index (κ2) is 10.4. The molecule has 0 fully saturated rings. The third-order valence-electron chi connectivity index (χ3n) is 4.91. The van der Waals surface area contributed by atoms with Crippen molar-refractivity contribution >= 4 is 28.9 Å². The molecule has 0 radical (unpaired) electrons. The van der Waals surface area contributed by atoms with Gasteiger partial charge in [-0.25, -0.2) is 0 Å². The smallest absolute Gasteiger partial charge is 0.146 e. The average molecular weight is 393 g/mol. The molecule has 0 aliphatic heterocycles. The molecular formula is C22H30Cl2Si. The maximum absolute atomic E-state index is 7.00. The zero-order chi connectivity index (χ0) is 18.1. The van der Waals surface area contributed by atoms with Gasteiger partial charge < -0.3 is 0 Å². The summed E-state index contributed by atoms with van der Waals surface area (Å²) in [5.41, 5.74) is 2.77. The Bertz CT molecular complexity index is 544. The maximum atomic E-state index is 7.00. The van der Waals surface area contributed by atoms with Crippen LogP contribution in [0.15, 0.2) is 60.7 Å². The first-order valence-electron chi connectivity index (χ1n) is 9.53. The van der Waals surface area contributed by atoms with E-state index in [-0.39, 0.29) is 0 Å². The van der Waals surface area contributed by atoms with E-state index >= 15 is 0 Å². The van der Waals surface area contributed by atoms with Gasteiger partial charge >= 0.3 is 0 Å². The zero-order valence-electron chi connectivity index (χ0n) is 15.4. The molecule has 2 aromatic carbocycles. The van der Waals surface area contributed by atoms with Gasteiger partial charge in [-0.3, -0.25) is 0 Å². The fourth-order valence-electron chi connectivity index (χ4n) is 3.72. The molecule has 0 spiro atoms. The van der Waals surface area contributed by atoms with E-state index in [2.05, 4.69) is 74.5 Å². The van der Waals surface area contributed by atoms with Crippen molar-refractivity contribution in [3.05, 3.63) is 71.8 Å². The van der Waals surface area contributed by atoms with Gasteiger partial charge in [0.2, 0.25) is 0 Å². The standard InChI is InChI=1S/C22H30Cl2Si/c1-3-11-21(19-13-7-5-8-14-19)17-25(23,24)18-22(12-4-2)20-15-9-6-10-16-20/h5-10,13-16,21-22H,3-4,11-12,17-18H2,1-2H3. The topological polar surface area (TPSA) is 0 Å². The molecule has 0 nitrogen and oxygen atoms in total. The molecule has 0 saturated carbocycles. The predicted molar refractivity (Wildman–Crippen MR) is 115 cm³/mol. The van der Waals surface area contributed by atoms with E-state index in [1.54, 1.807) is 0 Å². The summed E-state index contributed by atoms with van der Waals surface area (Å²) in [5, 5.41) is 0. The molecule has 2 aromatic rings. The van der Waals surface area contributed by atoms with Crippen molar-refractivity contribution in [1.82, 2.24) is 0 Å². The molecule has 0 aromatic heterocycles. The summed E-state index contributed by atoms with van der Waals surface area (Å²) >= 11 is 14.0. The zero-order valence-corrected chi connectivity index (χ0v) is 17.9. The quantitative estimate of drug-likeness (QED) is 0.283. The summed E-state index contributed by atoms with van der Waals surface area (Å²) in [6.07, 6.45) is 4.63. The van der Waals surface area contributed by atoms with Crippen LogP contribution in [0.25, 0.3) is 0 Å². The van der Waals surface area contributed by atoms with Crippen LogP contribution < -0.4 is 0 Å². The lowest BCUT2D eigenvalue weighted by Crippen LogP contribution is -2.25. The Labute approximate surface area is 164 Å². The van der Waals surface area contributed by atoms with Gasteiger partial charge in [0.1, 0.15) is 0 Å². The second-order valence-electron chi connectivity index (χ2n) is 7.06. The van der Waals surface area contributed by atoms with Gasteiger partial charge in [0, 0.05) is 0 Å². The molecule has 2 rings (SSSR count). The third kappa shape index (κ3) is 6.81. The van der Waals surface area contributed by atoms with Crippen LogP contribution in [0.3, 0.4) is 0 Å². The van der Waals surface area contributed by atoms with E-state index in [9.17, 15) is 0 Å². The Morgan fingerprint density at radius 2 is 1.04 bits per heavy atom. The first-order valence-corrected chi connectivity index (χ1v) is 14.0. The van der Waals surface area contributed by atoms with E-state index in [1.807, 2.05) is 0 Å². The Balaban J connectivity index is 2.12. The van der Waals surface area contributed by atoms with Gasteiger partial charge in [-0.2, -0.15) is 0 Å². The lowest BCUT2D eigenvalue weighted by molar-refractivity contribution is 0.639. The molecule has 0 aliphatic carbocycles. The van der Waals surface area contributed by atoms with Gasteiger partial charge in [0.25, 0.3) is 6.69 Å². The normalized spacial score (nSPS) is 14.2. The van der Waals surface area contributed by atoms with Crippen molar-refractivity contribution in [3.8, 4) is 0 Å². The molecule has 0 N–H and O–H groups in total. The molecule has 3 heteroatoms. The Hall–Kier alpha value is -0.763. The van der Waals surface area contributed by atoms with E-state index in [1.165, 1.54) is 11.1 Å². The minimum atomic E-state index is -2.33. The third-order valence-corrected chi connectivity index (χ3v) is 8.94. The van der Waals surface area contributed by atoms with Crippen LogP contribution in [0.1, 0.15) is 62.5 Å². The Morgan fingerprint density at radius 3 is 1.36 bits per heavy atom. The Morgan fingerprint density at radius 1 is 0.680 bits per heavy atom. The van der Waals surface area contributed by atoms with Crippen LogP contribution in [-0.4, -0.2) is 6.69 Å². The molecule has 136 valence electrons. The molecule has 2 unspecified atom stereocenters. The highest BCUT2D eigenvalue weighted by Crippen LogP contribution is 2.42. The van der Waals surface area contributed by atoms with E-state index in [0.29, 0.717) is 11.8 Å². The maximum Gasteiger partial charge on any atom is 0.252 e.